The van der Waals surface area contributed by atoms with E-state index in [1.54, 1.807) is 45.2 Å². The lowest BCUT2D eigenvalue weighted by molar-refractivity contribution is -0.669. The van der Waals surface area contributed by atoms with E-state index < -0.39 is 0 Å². The van der Waals surface area contributed by atoms with Gasteiger partial charge in [-0.15, -0.1) is 0 Å². The highest BCUT2D eigenvalue weighted by molar-refractivity contribution is 5.97. The zero-order valence-corrected chi connectivity index (χ0v) is 20.5. The summed E-state index contributed by atoms with van der Waals surface area (Å²) in [5.41, 5.74) is 3.02. The molecule has 0 saturated heterocycles. The first kappa shape index (κ1) is 23.9. The van der Waals surface area contributed by atoms with Gasteiger partial charge in [-0.2, -0.15) is 0 Å². The number of fused-ring (bicyclic) bond motifs is 1. The summed E-state index contributed by atoms with van der Waals surface area (Å²) >= 11 is 0. The van der Waals surface area contributed by atoms with Crippen molar-refractivity contribution in [2.45, 2.75) is 13.3 Å². The molecule has 35 heavy (non-hydrogen) atoms. The summed E-state index contributed by atoms with van der Waals surface area (Å²) < 4.78 is 23.8. The summed E-state index contributed by atoms with van der Waals surface area (Å²) in [6, 6.07) is 18.5. The van der Waals surface area contributed by atoms with Gasteiger partial charge in [0.05, 0.1) is 45.3 Å². The Kier molecular flexibility index (Phi) is 7.06. The predicted octanol–water partition coefficient (Wildman–Crippen LogP) is 3.96. The van der Waals surface area contributed by atoms with Crippen LogP contribution in [0, 0.1) is 0 Å². The quantitative estimate of drug-likeness (QED) is 0.220. The van der Waals surface area contributed by atoms with Gasteiger partial charge in [0.2, 0.25) is 6.20 Å². The van der Waals surface area contributed by atoms with Gasteiger partial charge in [-0.05, 0) is 47.4 Å². The Labute approximate surface area is 204 Å². The number of nitrogens with zero attached hydrogens (tertiary/aromatic N) is 2. The van der Waals surface area contributed by atoms with Crippen LogP contribution in [-0.2, 0) is 6.42 Å². The molecule has 4 aromatic rings. The summed E-state index contributed by atoms with van der Waals surface area (Å²) in [4.78, 5) is 0. The molecule has 1 aromatic heterocycles. The van der Waals surface area contributed by atoms with Gasteiger partial charge in [0.25, 0.3) is 5.69 Å². The summed E-state index contributed by atoms with van der Waals surface area (Å²) in [5, 5.41) is 19.4. The van der Waals surface area contributed by atoms with Crippen LogP contribution in [0.4, 0.5) is 0 Å². The molecule has 0 aliphatic carbocycles. The largest absolute Gasteiger partial charge is 0.854 e. The fourth-order valence-electron chi connectivity index (χ4n) is 4.11. The molecule has 0 fully saturated rings. The van der Waals surface area contributed by atoms with E-state index in [0.717, 1.165) is 28.3 Å². The molecule has 7 nitrogen and oxygen atoms in total. The van der Waals surface area contributed by atoms with E-state index in [2.05, 4.69) is 12.0 Å². The summed E-state index contributed by atoms with van der Waals surface area (Å²) in [6.45, 7) is 2.06. The Morgan fingerprint density at radius 2 is 1.37 bits per heavy atom. The van der Waals surface area contributed by atoms with Crippen molar-refractivity contribution in [3.8, 4) is 34.3 Å². The average molecular weight is 473 g/mol. The highest BCUT2D eigenvalue weighted by atomic mass is 16.5. The number of methoxy groups -OCH3 is 4. The second-order valence-electron chi connectivity index (χ2n) is 7.79. The fraction of sp³-hybridized carbons (Fsp3) is 0.214. The zero-order chi connectivity index (χ0) is 24.9. The summed E-state index contributed by atoms with van der Waals surface area (Å²) in [6.07, 6.45) is 2.62. The molecule has 0 N–H and O–H groups in total. The lowest BCUT2D eigenvalue weighted by Crippen LogP contribution is -2.36. The third-order valence-corrected chi connectivity index (χ3v) is 5.89. The minimum Gasteiger partial charge on any atom is -0.854 e. The van der Waals surface area contributed by atoms with E-state index in [1.807, 2.05) is 54.7 Å². The molecule has 4 rings (SSSR count). The number of hydrogen-bond donors (Lipinski definition) is 0. The second-order valence-corrected chi connectivity index (χ2v) is 7.79. The topological polar surface area (TPSA) is 76.2 Å². The molecule has 0 saturated carbocycles. The number of hydrogen-bond acceptors (Lipinski definition) is 6. The molecule has 0 spiro atoms. The van der Waals surface area contributed by atoms with E-state index in [1.165, 1.54) is 0 Å². The monoisotopic (exact) mass is 472 g/mol. The smallest absolute Gasteiger partial charge is 0.253 e. The van der Waals surface area contributed by atoms with Gasteiger partial charge in [0.1, 0.15) is 0 Å². The molecule has 3 aromatic carbocycles. The standard InChI is InChI=1S/C28H28N2O5/c1-6-18-17-30(29-28(31)19-10-8-7-9-11-19)27(20-12-13-23(32-2)24(14-20)33-3)22-16-26(35-5)25(34-4)15-21(18)22/h7-17H,6H2,1-5H3. The molecule has 0 atom stereocenters. The highest BCUT2D eigenvalue weighted by Gasteiger charge is 2.25. The average Bonchev–Trinajstić information content (AvgIpc) is 2.91. The van der Waals surface area contributed by atoms with Crippen molar-refractivity contribution in [1.29, 1.82) is 0 Å². The van der Waals surface area contributed by atoms with E-state index in [9.17, 15) is 5.11 Å². The Balaban J connectivity index is 2.10. The third kappa shape index (κ3) is 4.57. The maximum absolute atomic E-state index is 13.1. The molecule has 0 aliphatic rings. The Morgan fingerprint density at radius 1 is 0.771 bits per heavy atom. The van der Waals surface area contributed by atoms with Crippen molar-refractivity contribution in [2.24, 2.45) is 5.10 Å². The fourth-order valence-corrected chi connectivity index (χ4v) is 4.11. The molecule has 1 heterocycles. The van der Waals surface area contributed by atoms with Gasteiger partial charge in [-0.1, -0.05) is 41.9 Å². The van der Waals surface area contributed by atoms with Crippen molar-refractivity contribution in [1.82, 2.24) is 0 Å². The molecule has 0 radical (unpaired) electrons. The van der Waals surface area contributed by atoms with Crippen molar-refractivity contribution in [3.05, 3.63) is 78.0 Å². The van der Waals surface area contributed by atoms with Crippen LogP contribution in [0.2, 0.25) is 0 Å². The van der Waals surface area contributed by atoms with E-state index in [0.29, 0.717) is 34.3 Å². The van der Waals surface area contributed by atoms with Gasteiger partial charge in [0.15, 0.2) is 23.0 Å². The molecule has 0 bridgehead atoms. The van der Waals surface area contributed by atoms with Crippen molar-refractivity contribution >= 4 is 16.7 Å². The minimum absolute atomic E-state index is 0.348. The highest BCUT2D eigenvalue weighted by Crippen LogP contribution is 2.39. The first-order valence-corrected chi connectivity index (χ1v) is 11.2. The Morgan fingerprint density at radius 3 is 1.97 bits per heavy atom. The number of ether oxygens (including phenoxy) is 4. The molecule has 7 heteroatoms. The van der Waals surface area contributed by atoms with Crippen LogP contribution in [0.1, 0.15) is 18.1 Å². The minimum atomic E-state index is -0.348. The molecular weight excluding hydrogens is 444 g/mol. The summed E-state index contributed by atoms with van der Waals surface area (Å²) in [5.74, 6) is 2.03. The SMILES string of the molecule is CCc1c[n+](/N=C(\[O-])c2ccccc2)c(-c2ccc(OC)c(OC)c2)c2cc(OC)c(OC)cc12. The number of aromatic nitrogens is 1. The van der Waals surface area contributed by atoms with Crippen LogP contribution >= 0.6 is 0 Å². The first-order chi connectivity index (χ1) is 17.0. The number of rotatable bonds is 8. The molecular formula is C28H28N2O5. The van der Waals surface area contributed by atoms with Crippen LogP contribution in [0.25, 0.3) is 22.0 Å². The normalized spacial score (nSPS) is 11.4. The van der Waals surface area contributed by atoms with Crippen molar-refractivity contribution in [2.75, 3.05) is 28.4 Å². The lowest BCUT2D eigenvalue weighted by atomic mass is 9.98. The van der Waals surface area contributed by atoms with Gasteiger partial charge in [-0.25, -0.2) is 0 Å². The number of benzene rings is 3. The lowest BCUT2D eigenvalue weighted by Gasteiger charge is -2.15. The Bertz CT molecular complexity index is 1380. The van der Waals surface area contributed by atoms with Gasteiger partial charge >= 0.3 is 0 Å². The third-order valence-electron chi connectivity index (χ3n) is 5.89. The van der Waals surface area contributed by atoms with Gasteiger partial charge < -0.3 is 24.1 Å². The Hall–Kier alpha value is -4.26. The first-order valence-electron chi connectivity index (χ1n) is 11.2. The van der Waals surface area contributed by atoms with Crippen LogP contribution in [0.5, 0.6) is 23.0 Å². The predicted molar refractivity (Wildman–Crippen MR) is 134 cm³/mol. The zero-order valence-electron chi connectivity index (χ0n) is 20.5. The molecule has 180 valence electrons. The number of pyridine rings is 1. The van der Waals surface area contributed by atoms with Crippen LogP contribution in [0.15, 0.2) is 72.0 Å². The van der Waals surface area contributed by atoms with Crippen LogP contribution < -0.4 is 28.7 Å². The maximum Gasteiger partial charge on any atom is 0.253 e. The van der Waals surface area contributed by atoms with Gasteiger partial charge in [-0.3, -0.25) is 0 Å². The number of aryl methyl sites for hydroxylation is 1. The molecule has 0 unspecified atom stereocenters. The van der Waals surface area contributed by atoms with Crippen LogP contribution in [0.3, 0.4) is 0 Å². The summed E-state index contributed by atoms with van der Waals surface area (Å²) in [7, 11) is 6.39. The van der Waals surface area contributed by atoms with Crippen LogP contribution in [-0.4, -0.2) is 34.3 Å². The maximum atomic E-state index is 13.1. The van der Waals surface area contributed by atoms with Crippen molar-refractivity contribution in [3.63, 3.8) is 0 Å². The van der Waals surface area contributed by atoms with E-state index >= 15 is 0 Å². The molecule has 0 amide bonds. The molecule has 0 aliphatic heterocycles. The van der Waals surface area contributed by atoms with Gasteiger partial charge in [0, 0.05) is 10.9 Å². The second kappa shape index (κ2) is 10.3. The van der Waals surface area contributed by atoms with E-state index in [4.69, 9.17) is 18.9 Å². The van der Waals surface area contributed by atoms with Crippen molar-refractivity contribution < 1.29 is 28.7 Å². The van der Waals surface area contributed by atoms with E-state index in [-0.39, 0.29) is 5.90 Å².